The van der Waals surface area contributed by atoms with Gasteiger partial charge < -0.3 is 0 Å². The van der Waals surface area contributed by atoms with Gasteiger partial charge in [0.1, 0.15) is 0 Å². The van der Waals surface area contributed by atoms with Crippen molar-refractivity contribution in [2.24, 2.45) is 0 Å². The Kier molecular flexibility index (Phi) is 7.75. The molecule has 0 nitrogen and oxygen atoms in total. The van der Waals surface area contributed by atoms with Crippen LogP contribution in [0.3, 0.4) is 0 Å². The number of benzene rings is 3. The molecule has 0 aliphatic rings. The highest BCUT2D eigenvalue weighted by Gasteiger charge is 2.13. The zero-order valence-electron chi connectivity index (χ0n) is 14.3. The van der Waals surface area contributed by atoms with Gasteiger partial charge in [0, 0.05) is 3.57 Å². The van der Waals surface area contributed by atoms with Crippen LogP contribution in [-0.2, 0) is 5.41 Å². The molecule has 0 heterocycles. The second-order valence-corrected chi connectivity index (χ2v) is 10.7. The van der Waals surface area contributed by atoms with Gasteiger partial charge in [-0.15, -0.1) is 0 Å². The quantitative estimate of drug-likeness (QED) is 0.437. The molecule has 0 atom stereocenters. The average Bonchev–Trinajstić information content (AvgIpc) is 2.57. The van der Waals surface area contributed by atoms with E-state index in [1.165, 1.54) is 16.3 Å². The van der Waals surface area contributed by atoms with E-state index in [-0.39, 0.29) is 26.6 Å². The van der Waals surface area contributed by atoms with Gasteiger partial charge in [0.25, 0.3) is 0 Å². The highest BCUT2D eigenvalue weighted by molar-refractivity contribution is 14.1. The molecule has 0 aliphatic carbocycles. The molecule has 0 radical (unpaired) electrons. The van der Waals surface area contributed by atoms with Crippen molar-refractivity contribution < 1.29 is 21.2 Å². The minimum absolute atomic E-state index is 0.0287. The predicted octanol–water partition coefficient (Wildman–Crippen LogP) is 3.40. The first-order chi connectivity index (χ1) is 11.4. The summed E-state index contributed by atoms with van der Waals surface area (Å²) in [5, 5.41) is 0. The maximum absolute atomic E-state index is 2.32. The topological polar surface area (TPSA) is 0 Å². The number of halogens is 2. The van der Waals surface area contributed by atoms with E-state index in [0.717, 1.165) is 0 Å². The van der Waals surface area contributed by atoms with Gasteiger partial charge in [-0.25, -0.2) is 0 Å². The molecule has 0 aliphatic heterocycles. The monoisotopic (exact) mass is 541 g/mol. The van der Waals surface area contributed by atoms with Crippen LogP contribution >= 0.6 is 22.6 Å². The first-order valence-corrected chi connectivity index (χ1v) is 11.2. The van der Waals surface area contributed by atoms with Crippen LogP contribution in [-0.4, -0.2) is 0 Å². The normalized spacial score (nSPS) is 10.7. The summed E-state index contributed by atoms with van der Waals surface area (Å²) >= 11 is 2.35. The number of hydrogen-bond donors (Lipinski definition) is 0. The Morgan fingerprint density at radius 3 is 1.42 bits per heavy atom. The lowest BCUT2D eigenvalue weighted by atomic mass is 9.87. The van der Waals surface area contributed by atoms with Gasteiger partial charge in [0.2, 0.25) is 0 Å². The summed E-state index contributed by atoms with van der Waals surface area (Å²) in [4.78, 5) is 0. The van der Waals surface area contributed by atoms with E-state index in [1.807, 2.05) is 0 Å². The fourth-order valence-electron chi connectivity index (χ4n) is 2.03. The van der Waals surface area contributed by atoms with Gasteiger partial charge in [0.05, 0.1) is 0 Å². The van der Waals surface area contributed by atoms with Gasteiger partial charge in [-0.2, -0.15) is 0 Å². The van der Waals surface area contributed by atoms with Gasteiger partial charge >= 0.3 is 21.2 Å². The Morgan fingerprint density at radius 1 is 0.625 bits per heavy atom. The lowest BCUT2D eigenvalue weighted by Crippen LogP contribution is -3.61. The van der Waals surface area contributed by atoms with Crippen LogP contribution in [0.5, 0.6) is 0 Å². The van der Waals surface area contributed by atoms with E-state index in [9.17, 15) is 0 Å². The molecule has 0 spiro atoms. The number of hydrogen-bond acceptors (Lipinski definition) is 0. The summed E-state index contributed by atoms with van der Waals surface area (Å²) in [6.45, 7) is 6.69. The van der Waals surface area contributed by atoms with Crippen LogP contribution in [0.2, 0.25) is 0 Å². The van der Waals surface area contributed by atoms with Gasteiger partial charge in [0.15, 0.2) is 7.14 Å². The van der Waals surface area contributed by atoms with Gasteiger partial charge in [-0.05, 0) is 70.0 Å². The molecular weight excluding hydrogens is 518 g/mol. The van der Waals surface area contributed by atoms with E-state index in [1.54, 1.807) is 0 Å². The average molecular weight is 541 g/mol. The largest absolute Gasteiger partial charge is 0.357 e. The summed E-state index contributed by atoms with van der Waals surface area (Å²) in [7, 11) is 0. The van der Waals surface area contributed by atoms with Crippen molar-refractivity contribution >= 4 is 22.6 Å². The van der Waals surface area contributed by atoms with E-state index >= 15 is 0 Å². The first-order valence-electron chi connectivity index (χ1n) is 7.96. The summed E-state index contributed by atoms with van der Waals surface area (Å²) in [5.74, 6) is 0. The van der Waals surface area contributed by atoms with Crippen molar-refractivity contribution in [3.63, 3.8) is 0 Å². The molecule has 0 bridgehead atoms. The maximum Gasteiger partial charge on any atom is 0.357 e. The Labute approximate surface area is 170 Å². The minimum Gasteiger partial charge on any atom is -0.0619 e. The molecular formula is C22H23I2+. The molecule has 0 amide bonds. The lowest BCUT2D eigenvalue weighted by molar-refractivity contribution is -0.597. The molecule has 3 aromatic carbocycles. The van der Waals surface area contributed by atoms with Gasteiger partial charge in [-0.3, -0.25) is 0 Å². The van der Waals surface area contributed by atoms with Crippen molar-refractivity contribution in [2.45, 2.75) is 26.2 Å². The van der Waals surface area contributed by atoms with Crippen LogP contribution in [0.1, 0.15) is 26.3 Å². The molecule has 124 valence electrons. The first kappa shape index (κ1) is 19.4. The molecule has 0 saturated carbocycles. The highest BCUT2D eigenvalue weighted by atomic mass is 127. The minimum atomic E-state index is 0.0287. The SMILES string of the molecule is CC(C)(C)c1ccc(I)cc1.c1ccc([I+]c2ccccc2)cc1. The zero-order valence-corrected chi connectivity index (χ0v) is 18.7. The predicted molar refractivity (Wildman–Crippen MR) is 108 cm³/mol. The van der Waals surface area contributed by atoms with E-state index < -0.39 is 0 Å². The fourth-order valence-corrected chi connectivity index (χ4v) is 4.66. The fraction of sp³-hybridized carbons (Fsp3) is 0.182. The van der Waals surface area contributed by atoms with E-state index in [2.05, 4.69) is 128 Å². The molecule has 0 saturated heterocycles. The summed E-state index contributed by atoms with van der Waals surface area (Å²) in [5.41, 5.74) is 1.68. The van der Waals surface area contributed by atoms with Crippen LogP contribution in [0, 0.1) is 10.7 Å². The summed E-state index contributed by atoms with van der Waals surface area (Å²) in [6, 6.07) is 30.1. The van der Waals surface area contributed by atoms with E-state index in [0.29, 0.717) is 0 Å². The molecule has 24 heavy (non-hydrogen) atoms. The van der Waals surface area contributed by atoms with Crippen molar-refractivity contribution in [3.8, 4) is 0 Å². The molecule has 2 heteroatoms. The number of rotatable bonds is 2. The van der Waals surface area contributed by atoms with Gasteiger partial charge in [-0.1, -0.05) is 69.3 Å². The summed E-state index contributed by atoms with van der Waals surface area (Å²) < 4.78 is 4.26. The molecule has 0 N–H and O–H groups in total. The van der Waals surface area contributed by atoms with E-state index in [4.69, 9.17) is 0 Å². The molecule has 0 aromatic heterocycles. The van der Waals surface area contributed by atoms with Crippen molar-refractivity contribution in [2.75, 3.05) is 0 Å². The van der Waals surface area contributed by atoms with Crippen LogP contribution in [0.25, 0.3) is 0 Å². The Bertz CT molecular complexity index is 674. The van der Waals surface area contributed by atoms with Crippen molar-refractivity contribution in [3.05, 3.63) is 101 Å². The Morgan fingerprint density at radius 2 is 1.04 bits per heavy atom. The standard InChI is InChI=1S/C12H10I.C10H13I/c1-3-7-11(8-4-1)13-12-9-5-2-6-10-12;1-10(2,3)8-4-6-9(11)7-5-8/h1-10H;4-7H,1-3H3/q+1;. The second kappa shape index (κ2) is 9.56. The molecule has 3 aromatic rings. The summed E-state index contributed by atoms with van der Waals surface area (Å²) in [6.07, 6.45) is 0. The van der Waals surface area contributed by atoms with Crippen LogP contribution in [0.15, 0.2) is 84.9 Å². The lowest BCUT2D eigenvalue weighted by Gasteiger charge is -2.18. The third kappa shape index (κ3) is 6.93. The Balaban J connectivity index is 0.000000177. The maximum atomic E-state index is 2.32. The van der Waals surface area contributed by atoms with Crippen molar-refractivity contribution in [1.29, 1.82) is 0 Å². The van der Waals surface area contributed by atoms with Crippen LogP contribution in [0.4, 0.5) is 0 Å². The second-order valence-electron chi connectivity index (χ2n) is 6.44. The van der Waals surface area contributed by atoms with Crippen LogP contribution < -0.4 is 21.2 Å². The third-order valence-electron chi connectivity index (χ3n) is 3.39. The van der Waals surface area contributed by atoms with Crippen molar-refractivity contribution in [1.82, 2.24) is 0 Å². The highest BCUT2D eigenvalue weighted by Crippen LogP contribution is 2.22. The smallest absolute Gasteiger partial charge is 0.0619 e. The Hall–Kier alpha value is -0.880. The third-order valence-corrected chi connectivity index (χ3v) is 6.80. The molecule has 0 fully saturated rings. The molecule has 3 rings (SSSR count). The zero-order chi connectivity index (χ0) is 17.4. The molecule has 0 unspecified atom stereocenters.